The summed E-state index contributed by atoms with van der Waals surface area (Å²) in [5.74, 6) is 2.32. The van der Waals surface area contributed by atoms with Crippen molar-refractivity contribution in [2.75, 3.05) is 0 Å². The third-order valence-electron chi connectivity index (χ3n) is 4.39. The number of nitrogens with one attached hydrogen (secondary N) is 1. The average molecular weight is 388 g/mol. The number of rotatable bonds is 5. The van der Waals surface area contributed by atoms with Crippen molar-refractivity contribution < 1.29 is 13.6 Å². The molecule has 0 radical (unpaired) electrons. The quantitative estimate of drug-likeness (QED) is 0.405. The summed E-state index contributed by atoms with van der Waals surface area (Å²) < 4.78 is 12.9. The molecule has 3 heterocycles. The second-order valence-electron chi connectivity index (χ2n) is 6.65. The maximum atomic E-state index is 12.3. The molecule has 4 rings (SSSR count). The molecule has 0 atom stereocenters. The highest BCUT2D eigenvalue weighted by molar-refractivity contribution is 5.96. The molecule has 0 unspecified atom stereocenters. The van der Waals surface area contributed by atoms with Gasteiger partial charge in [-0.2, -0.15) is 10.2 Å². The summed E-state index contributed by atoms with van der Waals surface area (Å²) in [5.41, 5.74) is 5.25. The minimum absolute atomic E-state index is 0.332. The van der Waals surface area contributed by atoms with E-state index in [1.54, 1.807) is 30.8 Å². The van der Waals surface area contributed by atoms with Crippen LogP contribution in [0.2, 0.25) is 0 Å². The Labute approximate surface area is 167 Å². The fourth-order valence-corrected chi connectivity index (χ4v) is 3.02. The van der Waals surface area contributed by atoms with E-state index in [-0.39, 0.29) is 5.91 Å². The van der Waals surface area contributed by atoms with E-state index < -0.39 is 0 Å². The number of hydrogen-bond donors (Lipinski definition) is 1. The van der Waals surface area contributed by atoms with Crippen molar-refractivity contribution in [3.8, 4) is 17.1 Å². The fraction of sp³-hybridized carbons (Fsp3) is 0.136. The van der Waals surface area contributed by atoms with Crippen LogP contribution in [0, 0.1) is 20.8 Å². The van der Waals surface area contributed by atoms with Crippen molar-refractivity contribution in [2.45, 2.75) is 20.8 Å². The van der Waals surface area contributed by atoms with Gasteiger partial charge in [0.1, 0.15) is 23.0 Å². The van der Waals surface area contributed by atoms with Crippen LogP contribution in [0.25, 0.3) is 17.1 Å². The van der Waals surface area contributed by atoms with Crippen molar-refractivity contribution >= 4 is 12.1 Å². The highest BCUT2D eigenvalue weighted by Gasteiger charge is 2.15. The predicted molar refractivity (Wildman–Crippen MR) is 109 cm³/mol. The molecule has 4 aromatic rings. The molecule has 0 bridgehead atoms. The summed E-state index contributed by atoms with van der Waals surface area (Å²) in [6.45, 7) is 5.41. The number of furan rings is 2. The van der Waals surface area contributed by atoms with E-state index in [0.717, 1.165) is 11.4 Å². The van der Waals surface area contributed by atoms with Gasteiger partial charge < -0.3 is 8.83 Å². The van der Waals surface area contributed by atoms with Gasteiger partial charge >= 0.3 is 0 Å². The van der Waals surface area contributed by atoms with Crippen LogP contribution in [0.1, 0.15) is 33.2 Å². The van der Waals surface area contributed by atoms with Gasteiger partial charge in [-0.15, -0.1) is 0 Å². The Hall–Kier alpha value is -3.87. The molecule has 0 aliphatic heterocycles. The van der Waals surface area contributed by atoms with Gasteiger partial charge in [0, 0.05) is 11.8 Å². The van der Waals surface area contributed by atoms with Gasteiger partial charge in [-0.25, -0.2) is 10.1 Å². The molecule has 1 aromatic carbocycles. The van der Waals surface area contributed by atoms with Crippen molar-refractivity contribution in [3.63, 3.8) is 0 Å². The van der Waals surface area contributed by atoms with E-state index in [4.69, 9.17) is 8.83 Å². The van der Waals surface area contributed by atoms with Crippen molar-refractivity contribution in [1.29, 1.82) is 0 Å². The normalized spacial score (nSPS) is 11.3. The van der Waals surface area contributed by atoms with Crippen molar-refractivity contribution in [3.05, 3.63) is 83.1 Å². The number of para-hydroxylation sites is 1. The zero-order valence-electron chi connectivity index (χ0n) is 16.3. The molecule has 7 heteroatoms. The largest absolute Gasteiger partial charge is 0.466 e. The van der Waals surface area contributed by atoms with Crippen LogP contribution in [0.4, 0.5) is 0 Å². The molecule has 0 aliphatic carbocycles. The van der Waals surface area contributed by atoms with E-state index in [1.165, 1.54) is 0 Å². The van der Waals surface area contributed by atoms with E-state index in [0.29, 0.717) is 34.1 Å². The number of hydrogen-bond acceptors (Lipinski definition) is 5. The third kappa shape index (κ3) is 3.89. The van der Waals surface area contributed by atoms with Gasteiger partial charge in [-0.1, -0.05) is 18.2 Å². The van der Waals surface area contributed by atoms with Gasteiger partial charge in [0.2, 0.25) is 0 Å². The zero-order valence-corrected chi connectivity index (χ0v) is 16.3. The summed E-state index contributed by atoms with van der Waals surface area (Å²) in [6.07, 6.45) is 3.39. The molecule has 29 heavy (non-hydrogen) atoms. The van der Waals surface area contributed by atoms with Crippen LogP contribution in [0.3, 0.4) is 0 Å². The lowest BCUT2D eigenvalue weighted by atomic mass is 10.2. The first-order valence-corrected chi connectivity index (χ1v) is 9.13. The van der Waals surface area contributed by atoms with Crippen LogP contribution in [0.5, 0.6) is 0 Å². The van der Waals surface area contributed by atoms with Crippen LogP contribution < -0.4 is 5.43 Å². The molecule has 146 valence electrons. The monoisotopic (exact) mass is 388 g/mol. The molecule has 0 saturated heterocycles. The minimum atomic E-state index is -0.332. The van der Waals surface area contributed by atoms with Crippen LogP contribution in [-0.4, -0.2) is 21.9 Å². The summed E-state index contributed by atoms with van der Waals surface area (Å²) in [6, 6.07) is 15.2. The Kier molecular flexibility index (Phi) is 4.87. The zero-order chi connectivity index (χ0) is 20.4. The maximum Gasteiger partial charge on any atom is 0.274 e. The van der Waals surface area contributed by atoms with Gasteiger partial charge in [0.15, 0.2) is 5.76 Å². The van der Waals surface area contributed by atoms with E-state index >= 15 is 0 Å². The number of nitrogens with zero attached hydrogens (tertiary/aromatic N) is 3. The van der Waals surface area contributed by atoms with Crippen LogP contribution in [0.15, 0.2) is 68.7 Å². The van der Waals surface area contributed by atoms with Gasteiger partial charge in [-0.3, -0.25) is 4.79 Å². The number of hydrazone groups is 1. The second-order valence-corrected chi connectivity index (χ2v) is 6.65. The first-order chi connectivity index (χ1) is 14.0. The average Bonchev–Trinajstić information content (AvgIpc) is 3.41. The highest BCUT2D eigenvalue weighted by atomic mass is 16.3. The molecule has 7 nitrogen and oxygen atoms in total. The molecular weight excluding hydrogens is 368 g/mol. The Morgan fingerprint density at radius 2 is 1.86 bits per heavy atom. The highest BCUT2D eigenvalue weighted by Crippen LogP contribution is 2.24. The number of aryl methyl sites for hydroxylation is 3. The van der Waals surface area contributed by atoms with E-state index in [2.05, 4.69) is 15.6 Å². The Balaban J connectivity index is 1.63. The lowest BCUT2D eigenvalue weighted by Crippen LogP contribution is -2.17. The number of carbonyl (C=O) groups is 1. The standard InChI is InChI=1S/C22H20N4O3/c1-14-9-10-20(29-14)21-17(13-26(25-21)18-7-5-4-6-8-18)12-23-24-22(27)19-11-15(2)28-16(19)3/h4-13H,1-3H3,(H,24,27)/b23-12-. The summed E-state index contributed by atoms with van der Waals surface area (Å²) in [4.78, 5) is 12.3. The number of aromatic nitrogens is 2. The molecule has 0 aliphatic rings. The van der Waals surface area contributed by atoms with Crippen molar-refractivity contribution in [1.82, 2.24) is 15.2 Å². The molecule has 0 spiro atoms. The topological polar surface area (TPSA) is 85.6 Å². The lowest BCUT2D eigenvalue weighted by molar-refractivity contribution is 0.0953. The molecule has 0 fully saturated rings. The van der Waals surface area contributed by atoms with E-state index in [1.807, 2.05) is 55.6 Å². The second kappa shape index (κ2) is 7.63. The summed E-state index contributed by atoms with van der Waals surface area (Å²) in [5, 5.41) is 8.75. The maximum absolute atomic E-state index is 12.3. The van der Waals surface area contributed by atoms with Crippen LogP contribution >= 0.6 is 0 Å². The Bertz CT molecular complexity index is 1180. The van der Waals surface area contributed by atoms with Gasteiger partial charge in [0.05, 0.1) is 17.5 Å². The third-order valence-corrected chi connectivity index (χ3v) is 4.39. The van der Waals surface area contributed by atoms with Gasteiger partial charge in [-0.05, 0) is 51.1 Å². The Morgan fingerprint density at radius 3 is 2.52 bits per heavy atom. The molecule has 1 N–H and O–H groups in total. The fourth-order valence-electron chi connectivity index (χ4n) is 3.02. The predicted octanol–water partition coefficient (Wildman–Crippen LogP) is 4.41. The molecule has 1 amide bonds. The minimum Gasteiger partial charge on any atom is -0.466 e. The number of benzene rings is 1. The lowest BCUT2D eigenvalue weighted by Gasteiger charge is -1.98. The molecule has 3 aromatic heterocycles. The van der Waals surface area contributed by atoms with E-state index in [9.17, 15) is 4.79 Å². The summed E-state index contributed by atoms with van der Waals surface area (Å²) >= 11 is 0. The first-order valence-electron chi connectivity index (χ1n) is 9.13. The number of amides is 1. The van der Waals surface area contributed by atoms with Gasteiger partial charge in [0.25, 0.3) is 5.91 Å². The molecule has 0 saturated carbocycles. The Morgan fingerprint density at radius 1 is 1.07 bits per heavy atom. The smallest absolute Gasteiger partial charge is 0.274 e. The SMILES string of the molecule is Cc1ccc(-c2nn(-c3ccccc3)cc2/C=N\NC(=O)c2cc(C)oc2C)o1. The number of carbonyl (C=O) groups excluding carboxylic acids is 1. The van der Waals surface area contributed by atoms with Crippen LogP contribution in [-0.2, 0) is 0 Å². The molecular formula is C22H20N4O3. The first kappa shape index (κ1) is 18.5. The van der Waals surface area contributed by atoms with Crippen molar-refractivity contribution in [2.24, 2.45) is 5.10 Å². The summed E-state index contributed by atoms with van der Waals surface area (Å²) in [7, 11) is 0.